The maximum absolute atomic E-state index is 13.5. The summed E-state index contributed by atoms with van der Waals surface area (Å²) in [5.74, 6) is -1.89. The van der Waals surface area contributed by atoms with Gasteiger partial charge in [-0.3, -0.25) is 9.59 Å². The normalized spacial score (nSPS) is 13.2. The van der Waals surface area contributed by atoms with Gasteiger partial charge in [-0.15, -0.1) is 11.3 Å². The number of benzene rings is 1. The highest BCUT2D eigenvalue weighted by molar-refractivity contribution is 7.09. The Labute approximate surface area is 144 Å². The quantitative estimate of drug-likeness (QED) is 0.832. The first kappa shape index (κ1) is 18.1. The van der Waals surface area contributed by atoms with Crippen LogP contribution in [0.25, 0.3) is 0 Å². The standard InChI is InChI=1S/C17H20FN3O2S/c1-5-17(4,16-19-6-7-24-16)21-15(23)14(22)20-13-9-10(2)12(18)8-11(13)3/h6-9H,5H2,1-4H3,(H,20,22)(H,21,23). The maximum Gasteiger partial charge on any atom is 0.313 e. The molecule has 0 saturated heterocycles. The smallest absolute Gasteiger partial charge is 0.313 e. The third kappa shape index (κ3) is 3.79. The minimum absolute atomic E-state index is 0.350. The van der Waals surface area contributed by atoms with E-state index in [2.05, 4.69) is 15.6 Å². The molecular formula is C17H20FN3O2S. The van der Waals surface area contributed by atoms with Crippen LogP contribution < -0.4 is 10.6 Å². The molecule has 2 amide bonds. The summed E-state index contributed by atoms with van der Waals surface area (Å²) in [6.45, 7) is 7.00. The van der Waals surface area contributed by atoms with Gasteiger partial charge in [0, 0.05) is 17.3 Å². The van der Waals surface area contributed by atoms with Crippen molar-refractivity contribution in [2.75, 3.05) is 5.32 Å². The molecule has 0 aliphatic carbocycles. The summed E-state index contributed by atoms with van der Waals surface area (Å²) in [7, 11) is 0. The lowest BCUT2D eigenvalue weighted by Gasteiger charge is -2.27. The lowest BCUT2D eigenvalue weighted by molar-refractivity contribution is -0.137. The number of thiazole rings is 1. The molecule has 0 fully saturated rings. The van der Waals surface area contributed by atoms with Crippen LogP contribution >= 0.6 is 11.3 Å². The lowest BCUT2D eigenvalue weighted by Crippen LogP contribution is -2.47. The number of hydrogen-bond acceptors (Lipinski definition) is 4. The van der Waals surface area contributed by atoms with E-state index in [1.807, 2.05) is 19.2 Å². The SMILES string of the molecule is CCC(C)(NC(=O)C(=O)Nc1cc(C)c(F)cc1C)c1nccs1. The number of carbonyl (C=O) groups excluding carboxylic acids is 2. The Morgan fingerprint density at radius 2 is 1.96 bits per heavy atom. The Balaban J connectivity index is 2.13. The third-order valence-corrected chi connectivity index (χ3v) is 5.00. The molecule has 24 heavy (non-hydrogen) atoms. The van der Waals surface area contributed by atoms with E-state index in [9.17, 15) is 14.0 Å². The molecule has 1 heterocycles. The number of amides is 2. The largest absolute Gasteiger partial charge is 0.336 e. The molecule has 7 heteroatoms. The fourth-order valence-electron chi connectivity index (χ4n) is 2.19. The minimum atomic E-state index is -0.791. The fourth-order valence-corrected chi connectivity index (χ4v) is 3.02. The second-order valence-corrected chi connectivity index (χ2v) is 6.74. The van der Waals surface area contributed by atoms with Gasteiger partial charge in [0.1, 0.15) is 10.8 Å². The molecule has 0 aliphatic heterocycles. The van der Waals surface area contributed by atoms with Gasteiger partial charge in [0.05, 0.1) is 5.54 Å². The molecule has 0 aliphatic rings. The Bertz CT molecular complexity index is 761. The van der Waals surface area contributed by atoms with Gasteiger partial charge in [-0.1, -0.05) is 6.92 Å². The molecule has 2 rings (SSSR count). The molecule has 1 aromatic heterocycles. The first-order valence-electron chi connectivity index (χ1n) is 7.57. The molecule has 128 valence electrons. The Morgan fingerprint density at radius 3 is 2.54 bits per heavy atom. The van der Waals surface area contributed by atoms with Crippen LogP contribution in [0.5, 0.6) is 0 Å². The summed E-state index contributed by atoms with van der Waals surface area (Å²) >= 11 is 1.42. The van der Waals surface area contributed by atoms with E-state index in [1.54, 1.807) is 20.0 Å². The topological polar surface area (TPSA) is 71.1 Å². The van der Waals surface area contributed by atoms with Crippen LogP contribution in [0.2, 0.25) is 0 Å². The van der Waals surface area contributed by atoms with E-state index >= 15 is 0 Å². The average molecular weight is 349 g/mol. The number of halogens is 1. The zero-order valence-electron chi connectivity index (χ0n) is 14.1. The highest BCUT2D eigenvalue weighted by atomic mass is 32.1. The van der Waals surface area contributed by atoms with Crippen LogP contribution in [0.3, 0.4) is 0 Å². The van der Waals surface area contributed by atoms with Crippen molar-refractivity contribution in [1.29, 1.82) is 0 Å². The van der Waals surface area contributed by atoms with Gasteiger partial charge in [0.2, 0.25) is 0 Å². The van der Waals surface area contributed by atoms with Gasteiger partial charge in [-0.05, 0) is 50.5 Å². The van der Waals surface area contributed by atoms with Crippen LogP contribution in [-0.2, 0) is 15.1 Å². The van der Waals surface area contributed by atoms with E-state index in [1.165, 1.54) is 23.5 Å². The van der Waals surface area contributed by atoms with Gasteiger partial charge in [0.25, 0.3) is 0 Å². The highest BCUT2D eigenvalue weighted by Crippen LogP contribution is 2.26. The van der Waals surface area contributed by atoms with Crippen LogP contribution in [0.1, 0.15) is 36.4 Å². The van der Waals surface area contributed by atoms with E-state index in [0.717, 1.165) is 5.01 Å². The highest BCUT2D eigenvalue weighted by Gasteiger charge is 2.31. The van der Waals surface area contributed by atoms with Crippen molar-refractivity contribution >= 4 is 28.8 Å². The summed E-state index contributed by atoms with van der Waals surface area (Å²) in [6.07, 6.45) is 2.25. The van der Waals surface area contributed by atoms with Gasteiger partial charge in [0.15, 0.2) is 0 Å². The average Bonchev–Trinajstić information content (AvgIpc) is 3.07. The molecule has 1 unspecified atom stereocenters. The van der Waals surface area contributed by atoms with Crippen molar-refractivity contribution in [3.63, 3.8) is 0 Å². The molecule has 0 radical (unpaired) electrons. The zero-order chi connectivity index (χ0) is 17.9. The molecular weight excluding hydrogens is 329 g/mol. The molecule has 0 saturated carbocycles. The summed E-state index contributed by atoms with van der Waals surface area (Å²) in [5.41, 5.74) is 0.660. The van der Waals surface area contributed by atoms with Gasteiger partial charge in [-0.25, -0.2) is 9.37 Å². The Morgan fingerprint density at radius 1 is 1.25 bits per heavy atom. The van der Waals surface area contributed by atoms with Crippen molar-refractivity contribution in [3.05, 3.63) is 45.7 Å². The van der Waals surface area contributed by atoms with Gasteiger partial charge < -0.3 is 10.6 Å². The van der Waals surface area contributed by atoms with E-state index in [-0.39, 0.29) is 5.82 Å². The fraction of sp³-hybridized carbons (Fsp3) is 0.353. The first-order valence-corrected chi connectivity index (χ1v) is 8.45. The molecule has 1 atom stereocenters. The first-order chi connectivity index (χ1) is 11.3. The van der Waals surface area contributed by atoms with Crippen molar-refractivity contribution in [2.24, 2.45) is 0 Å². The number of nitrogens with zero attached hydrogens (tertiary/aromatic N) is 1. The predicted octanol–water partition coefficient (Wildman–Crippen LogP) is 3.28. The Hall–Kier alpha value is -2.28. The van der Waals surface area contributed by atoms with Crippen LogP contribution in [0.15, 0.2) is 23.7 Å². The van der Waals surface area contributed by atoms with Gasteiger partial charge in [-0.2, -0.15) is 0 Å². The maximum atomic E-state index is 13.5. The van der Waals surface area contributed by atoms with Crippen molar-refractivity contribution < 1.29 is 14.0 Å². The van der Waals surface area contributed by atoms with E-state index in [4.69, 9.17) is 0 Å². The molecule has 5 nitrogen and oxygen atoms in total. The van der Waals surface area contributed by atoms with Crippen LogP contribution in [-0.4, -0.2) is 16.8 Å². The third-order valence-electron chi connectivity index (χ3n) is 3.96. The minimum Gasteiger partial charge on any atom is -0.336 e. The second-order valence-electron chi connectivity index (χ2n) is 5.85. The zero-order valence-corrected chi connectivity index (χ0v) is 14.9. The number of rotatable bonds is 4. The second kappa shape index (κ2) is 7.09. The molecule has 0 bridgehead atoms. The summed E-state index contributed by atoms with van der Waals surface area (Å²) in [6, 6.07) is 2.84. The number of carbonyl (C=O) groups is 2. The number of nitrogens with one attached hydrogen (secondary N) is 2. The summed E-state index contributed by atoms with van der Waals surface area (Å²) < 4.78 is 13.5. The van der Waals surface area contributed by atoms with E-state index < -0.39 is 17.4 Å². The number of hydrogen-bond donors (Lipinski definition) is 2. The van der Waals surface area contributed by atoms with Crippen molar-refractivity contribution in [3.8, 4) is 0 Å². The molecule has 2 N–H and O–H groups in total. The number of aryl methyl sites for hydroxylation is 2. The molecule has 2 aromatic rings. The summed E-state index contributed by atoms with van der Waals surface area (Å²) in [4.78, 5) is 28.7. The number of aromatic nitrogens is 1. The van der Waals surface area contributed by atoms with E-state index in [0.29, 0.717) is 23.2 Å². The predicted molar refractivity (Wildman–Crippen MR) is 92.4 cm³/mol. The Kier molecular flexibility index (Phi) is 5.33. The monoisotopic (exact) mass is 349 g/mol. The van der Waals surface area contributed by atoms with Crippen LogP contribution in [0.4, 0.5) is 10.1 Å². The molecule has 1 aromatic carbocycles. The number of anilines is 1. The van der Waals surface area contributed by atoms with Crippen molar-refractivity contribution in [1.82, 2.24) is 10.3 Å². The molecule has 0 spiro atoms. The van der Waals surface area contributed by atoms with Crippen molar-refractivity contribution in [2.45, 2.75) is 39.7 Å². The summed E-state index contributed by atoms with van der Waals surface area (Å²) in [5, 5.41) is 7.82. The van der Waals surface area contributed by atoms with Gasteiger partial charge >= 0.3 is 11.8 Å². The lowest BCUT2D eigenvalue weighted by atomic mass is 10.00. The van der Waals surface area contributed by atoms with Crippen LogP contribution in [0, 0.1) is 19.7 Å².